The molecule has 1 aromatic heterocycles. The molecule has 13 amide bonds. The van der Waals surface area contributed by atoms with Crippen molar-refractivity contribution >= 4 is 110 Å². The van der Waals surface area contributed by atoms with Crippen LogP contribution in [0, 0.1) is 23.7 Å². The number of thiol groups is 1. The molecule has 3 heterocycles. The number of unbranched alkanes of at least 4 members (excludes halogenated alkanes) is 4. The Balaban J connectivity index is 1.82. The van der Waals surface area contributed by atoms with Crippen LogP contribution in [0.2, 0.25) is 0 Å². The van der Waals surface area contributed by atoms with E-state index < -0.39 is 203 Å². The molecular weight excluding hydrogens is 1510 g/mol. The lowest BCUT2D eigenvalue weighted by Gasteiger charge is -2.31. The van der Waals surface area contributed by atoms with E-state index in [2.05, 4.69) is 81.4 Å². The van der Waals surface area contributed by atoms with Gasteiger partial charge in [-0.05, 0) is 158 Å². The highest BCUT2D eigenvalue weighted by Gasteiger charge is 2.40. The van der Waals surface area contributed by atoms with Gasteiger partial charge in [0.15, 0.2) is 0 Å². The number of carbonyl (C=O) groups excluding carboxylic acids is 13. The first-order chi connectivity index (χ1) is 54.1. The number of nitrogens with zero attached hydrogens (tertiary/aromatic N) is 2. The van der Waals surface area contributed by atoms with E-state index in [4.69, 9.17) is 27.7 Å². The Morgan fingerprint density at radius 1 is 0.579 bits per heavy atom. The number of nitrogens with two attached hydrogens (primary N) is 4. The number of amides is 13. The number of carbonyl (C=O) groups is 13. The number of ether oxygens (including phenoxy) is 1. The fourth-order valence-electron chi connectivity index (χ4n) is 13.4. The third kappa shape index (κ3) is 33.6. The van der Waals surface area contributed by atoms with Crippen LogP contribution in [0.3, 0.4) is 0 Å². The molecule has 2 fully saturated rings. The van der Waals surface area contributed by atoms with Gasteiger partial charge < -0.3 is 101 Å². The number of aromatic nitrogens is 1. The van der Waals surface area contributed by atoms with Crippen molar-refractivity contribution in [3.8, 4) is 0 Å². The number of nitrogens with one attached hydrogen (secondary N) is 13. The quantitative estimate of drug-likeness (QED) is 0.0333. The van der Waals surface area contributed by atoms with Gasteiger partial charge in [0.2, 0.25) is 86.8 Å². The van der Waals surface area contributed by atoms with E-state index in [0.29, 0.717) is 69.8 Å². The van der Waals surface area contributed by atoms with Crippen molar-refractivity contribution < 1.29 is 75.5 Å². The van der Waals surface area contributed by atoms with E-state index in [1.54, 1.807) is 38.8 Å². The van der Waals surface area contributed by atoms with E-state index >= 15 is 4.79 Å². The number of hydrogen-bond acceptors (Lipinski definition) is 21. The molecule has 0 bridgehead atoms. The molecule has 0 saturated carbocycles. The lowest BCUT2D eigenvalue weighted by Crippen LogP contribution is -2.61. The van der Waals surface area contributed by atoms with Crippen LogP contribution in [0.1, 0.15) is 184 Å². The van der Waals surface area contributed by atoms with Gasteiger partial charge in [-0.2, -0.15) is 16.9 Å². The van der Waals surface area contributed by atoms with E-state index in [-0.39, 0.29) is 108 Å². The number of fused-ring (bicyclic) bond motifs is 2. The predicted molar refractivity (Wildman–Crippen MR) is 437 cm³/mol. The Morgan fingerprint density at radius 3 is 1.60 bits per heavy atom. The molecule has 0 radical (unpaired) electrons. The van der Waals surface area contributed by atoms with Crippen LogP contribution in [-0.2, 0) is 83.5 Å². The van der Waals surface area contributed by atoms with Gasteiger partial charge in [-0.3, -0.25) is 62.3 Å². The third-order valence-electron chi connectivity index (χ3n) is 19.9. The van der Waals surface area contributed by atoms with Crippen LogP contribution < -0.4 is 86.7 Å². The number of sulfonamides is 1. The summed E-state index contributed by atoms with van der Waals surface area (Å²) < 4.78 is 35.6. The summed E-state index contributed by atoms with van der Waals surface area (Å²) >= 11 is 4.06. The fraction of sp³-hybridized carbons (Fsp3) is 0.727. The molecule has 21 N–H and O–H groups in total. The Labute approximate surface area is 677 Å². The SMILES string of the molecule is CCCCC1NC(=O)CN(S(=O)(=O)CCCNC(=O)C(N)CS)CCNC(=O)C(CCCCN)NC(=O)C(CC(C)C)NC(=O)C(CCCCN)NC(=O)C(CC(C)C)NC(=O)C(CCCCN)NC(=O)COCC2CCCN2C(=O)C(Cc2c[nH]c3ccccc23)NC(=O)C(C)NC(=O)C(C(C)C)NC(=O)C(C(C)C)NC1=O. The molecule has 644 valence electrons. The minimum Gasteiger partial charge on any atom is -0.370 e. The topological polar surface area (TPSA) is 536 Å². The molecule has 12 unspecified atom stereocenters. The zero-order valence-electron chi connectivity index (χ0n) is 68.4. The minimum atomic E-state index is -4.46. The normalized spacial score (nSPS) is 24.4. The van der Waals surface area contributed by atoms with Crippen LogP contribution >= 0.6 is 12.6 Å². The molecule has 0 spiro atoms. The van der Waals surface area contributed by atoms with Crippen molar-refractivity contribution in [2.75, 3.05) is 77.1 Å². The number of para-hydroxylation sites is 1. The summed E-state index contributed by atoms with van der Waals surface area (Å²) in [5, 5.41) is 33.7. The summed E-state index contributed by atoms with van der Waals surface area (Å²) in [5.74, 6) is -11.8. The Bertz CT molecular complexity index is 3570. The zero-order chi connectivity index (χ0) is 84.8. The van der Waals surface area contributed by atoms with Crippen molar-refractivity contribution in [2.24, 2.45) is 46.6 Å². The van der Waals surface area contributed by atoms with Crippen molar-refractivity contribution in [1.82, 2.24) is 78.0 Å². The highest BCUT2D eigenvalue weighted by atomic mass is 32.2. The third-order valence-corrected chi connectivity index (χ3v) is 22.2. The summed E-state index contributed by atoms with van der Waals surface area (Å²) in [6.45, 7) is 15.5. The van der Waals surface area contributed by atoms with Crippen molar-refractivity contribution in [1.29, 1.82) is 0 Å². The van der Waals surface area contributed by atoms with Gasteiger partial charge in [0.1, 0.15) is 67.0 Å². The maximum absolute atomic E-state index is 15.0. The number of H-pyrrole nitrogens is 1. The average Bonchev–Trinajstić information content (AvgIpc) is 1.62. The van der Waals surface area contributed by atoms with Gasteiger partial charge in [-0.1, -0.05) is 93.4 Å². The van der Waals surface area contributed by atoms with Crippen LogP contribution in [0.5, 0.6) is 0 Å². The second kappa shape index (κ2) is 51.1. The summed E-state index contributed by atoms with van der Waals surface area (Å²) in [7, 11) is -4.46. The monoisotopic (exact) mass is 1640 g/mol. The highest BCUT2D eigenvalue weighted by Crippen LogP contribution is 2.24. The number of rotatable bonds is 30. The highest BCUT2D eigenvalue weighted by molar-refractivity contribution is 7.89. The molecule has 0 aliphatic carbocycles. The number of hydrogen-bond donors (Lipinski definition) is 18. The molecule has 2 aromatic rings. The summed E-state index contributed by atoms with van der Waals surface area (Å²) in [6.07, 6.45) is 6.29. The Morgan fingerprint density at radius 2 is 1.06 bits per heavy atom. The van der Waals surface area contributed by atoms with E-state index in [1.807, 2.05) is 58.9 Å². The standard InChI is InChI=1S/C77H133N19O16S2/c1-11-12-25-57-72(104)93-66(49(8)9)76(108)94-65(48(6)7)75(107)85-50(10)67(99)92-62(40-51-41-84-55-26-14-13-24-53(51)55)77(109)96-35-21-23-52(96)43-112-44-64(98)87-58(28-16-19-31-79)70(102)90-61(39-47(4)5)74(106)89-59(29-17-20-32-80)71(103)91-60(38-46(2)3)73(105)88-56(27-15-18-30-78)69(101)83-34-36-95(42-63(97)86-57)114(110,111)37-22-33-82-68(100)54(81)45-113/h13-14,24,26,41,46-50,52,54,56-62,65-66,84,113H,11-12,15-23,25,27-40,42-45,78-81H2,1-10H3,(H,82,100)(H,83,101)(H,85,107)(H,86,97)(H,87,98)(H,88,105)(H,89,106)(H,90,102)(H,91,103)(H,92,99)(H,93,104)(H,94,108). The van der Waals surface area contributed by atoms with Crippen LogP contribution in [-0.4, -0.2) is 249 Å². The zero-order valence-corrected chi connectivity index (χ0v) is 70.1. The second-order valence-corrected chi connectivity index (χ2v) is 33.7. The van der Waals surface area contributed by atoms with E-state index in [1.165, 1.54) is 6.92 Å². The predicted octanol–water partition coefficient (Wildman–Crippen LogP) is -0.908. The van der Waals surface area contributed by atoms with E-state index in [0.717, 1.165) is 15.2 Å². The maximum Gasteiger partial charge on any atom is 0.246 e. The largest absolute Gasteiger partial charge is 0.370 e. The van der Waals surface area contributed by atoms with Gasteiger partial charge in [0.05, 0.1) is 31.0 Å². The molecule has 2 aliphatic rings. The molecule has 4 rings (SSSR count). The number of aromatic amines is 1. The summed E-state index contributed by atoms with van der Waals surface area (Å²) in [6, 6.07) is -6.96. The van der Waals surface area contributed by atoms with Crippen LogP contribution in [0.25, 0.3) is 10.9 Å². The Kier molecular flexibility index (Phi) is 44.1. The molecule has 12 atom stereocenters. The molecular formula is C77H133N19O16S2. The van der Waals surface area contributed by atoms with Gasteiger partial charge in [-0.15, -0.1) is 0 Å². The lowest BCUT2D eigenvalue weighted by molar-refractivity contribution is -0.139. The van der Waals surface area contributed by atoms with Crippen molar-refractivity contribution in [3.63, 3.8) is 0 Å². The molecule has 2 saturated heterocycles. The van der Waals surface area contributed by atoms with Gasteiger partial charge in [-0.25, -0.2) is 8.42 Å². The molecule has 2 aliphatic heterocycles. The smallest absolute Gasteiger partial charge is 0.246 e. The van der Waals surface area contributed by atoms with E-state index in [9.17, 15) is 66.0 Å². The maximum atomic E-state index is 15.0. The second-order valence-electron chi connectivity index (χ2n) is 31.3. The average molecular weight is 1650 g/mol. The van der Waals surface area contributed by atoms with Gasteiger partial charge in [0, 0.05) is 55.5 Å². The van der Waals surface area contributed by atoms with Crippen molar-refractivity contribution in [3.05, 3.63) is 36.0 Å². The summed E-state index contributed by atoms with van der Waals surface area (Å²) in [4.78, 5) is 191. The van der Waals surface area contributed by atoms with Crippen molar-refractivity contribution in [2.45, 2.75) is 257 Å². The number of benzene rings is 1. The van der Waals surface area contributed by atoms with Gasteiger partial charge >= 0.3 is 0 Å². The fourth-order valence-corrected chi connectivity index (χ4v) is 15.0. The van der Waals surface area contributed by atoms with Crippen LogP contribution in [0.4, 0.5) is 0 Å². The first kappa shape index (κ1) is 98.3. The summed E-state index contributed by atoms with van der Waals surface area (Å²) in [5.41, 5.74) is 24.9. The van der Waals surface area contributed by atoms with Gasteiger partial charge in [0.25, 0.3) is 0 Å². The first-order valence-corrected chi connectivity index (χ1v) is 42.8. The molecule has 35 nitrogen and oxygen atoms in total. The first-order valence-electron chi connectivity index (χ1n) is 40.5. The van der Waals surface area contributed by atoms with Crippen LogP contribution in [0.15, 0.2) is 30.5 Å². The lowest BCUT2D eigenvalue weighted by atomic mass is 9.98. The molecule has 1 aromatic carbocycles. The molecule has 37 heteroatoms. The minimum absolute atomic E-state index is 0.00405. The Hall–Kier alpha value is -8.07. The molecule has 114 heavy (non-hydrogen) atoms.